The fourth-order valence-corrected chi connectivity index (χ4v) is 3.87. The lowest BCUT2D eigenvalue weighted by atomic mass is 10.3. The van der Waals surface area contributed by atoms with Crippen molar-refractivity contribution < 1.29 is 17.5 Å². The highest BCUT2D eigenvalue weighted by atomic mass is 79.9. The fraction of sp³-hybridized carbons (Fsp3) is 0.455. The minimum atomic E-state index is -3.87. The normalized spacial score (nSPS) is 20.9. The van der Waals surface area contributed by atoms with E-state index >= 15 is 0 Å². The molecule has 0 radical (unpaired) electrons. The van der Waals surface area contributed by atoms with Crippen molar-refractivity contribution in [3.05, 3.63) is 22.4 Å². The topological polar surface area (TPSA) is 72.6 Å². The number of anilines is 1. The second-order valence-corrected chi connectivity index (χ2v) is 7.07. The Morgan fingerprint density at radius 1 is 1.53 bits per heavy atom. The molecule has 1 saturated heterocycles. The Morgan fingerprint density at radius 3 is 2.79 bits per heavy atom. The van der Waals surface area contributed by atoms with Crippen LogP contribution < -0.4 is 5.73 Å². The van der Waals surface area contributed by atoms with Gasteiger partial charge in [0, 0.05) is 30.4 Å². The number of nitrogen functional groups attached to an aromatic ring is 1. The SMILES string of the molecule is COC1CCN(S(=O)(=O)c2cc(N)c(Br)cc2F)C1. The Morgan fingerprint density at radius 2 is 2.21 bits per heavy atom. The molecule has 5 nitrogen and oxygen atoms in total. The van der Waals surface area contributed by atoms with Crippen LogP contribution in [0.3, 0.4) is 0 Å². The van der Waals surface area contributed by atoms with Crippen LogP contribution in [-0.2, 0) is 14.8 Å². The standard InChI is InChI=1S/C11H14BrFN2O3S/c1-18-7-2-3-15(6-7)19(16,17)11-5-10(14)8(12)4-9(11)13/h4-5,7H,2-3,6,14H2,1H3. The number of ether oxygens (including phenoxy) is 1. The third-order valence-corrected chi connectivity index (χ3v) is 5.68. The molecule has 0 bridgehead atoms. The van der Waals surface area contributed by atoms with Gasteiger partial charge in [0.05, 0.1) is 6.10 Å². The van der Waals surface area contributed by atoms with Crippen LogP contribution in [0.25, 0.3) is 0 Å². The lowest BCUT2D eigenvalue weighted by Gasteiger charge is -2.17. The molecule has 2 N–H and O–H groups in total. The van der Waals surface area contributed by atoms with E-state index in [2.05, 4.69) is 15.9 Å². The van der Waals surface area contributed by atoms with E-state index in [1.807, 2.05) is 0 Å². The Balaban J connectivity index is 2.38. The zero-order valence-electron chi connectivity index (χ0n) is 10.3. The van der Waals surface area contributed by atoms with Gasteiger partial charge in [-0.3, -0.25) is 0 Å². The van der Waals surface area contributed by atoms with Crippen molar-refractivity contribution in [1.82, 2.24) is 4.31 Å². The average molecular weight is 353 g/mol. The molecule has 1 aromatic rings. The first-order valence-electron chi connectivity index (χ1n) is 5.63. The molecule has 106 valence electrons. The van der Waals surface area contributed by atoms with Crippen LogP contribution in [0.15, 0.2) is 21.5 Å². The van der Waals surface area contributed by atoms with Gasteiger partial charge in [-0.25, -0.2) is 12.8 Å². The molecule has 0 aromatic heterocycles. The summed E-state index contributed by atoms with van der Waals surface area (Å²) >= 11 is 3.06. The molecule has 0 spiro atoms. The zero-order chi connectivity index (χ0) is 14.2. The number of rotatable bonds is 3. The highest BCUT2D eigenvalue weighted by Crippen LogP contribution is 2.29. The summed E-state index contributed by atoms with van der Waals surface area (Å²) < 4.78 is 45.2. The fourth-order valence-electron chi connectivity index (χ4n) is 1.99. The summed E-state index contributed by atoms with van der Waals surface area (Å²) in [5.41, 5.74) is 5.80. The van der Waals surface area contributed by atoms with Crippen molar-refractivity contribution in [1.29, 1.82) is 0 Å². The number of benzene rings is 1. The Bertz CT molecular complexity index is 594. The molecule has 1 aromatic carbocycles. The Hall–Kier alpha value is -0.700. The maximum atomic E-state index is 13.8. The second-order valence-electron chi connectivity index (χ2n) is 4.31. The summed E-state index contributed by atoms with van der Waals surface area (Å²) in [6.45, 7) is 0.546. The number of methoxy groups -OCH3 is 1. The van der Waals surface area contributed by atoms with Gasteiger partial charge in [-0.05, 0) is 34.5 Å². The largest absolute Gasteiger partial charge is 0.398 e. The number of hydrogen-bond acceptors (Lipinski definition) is 4. The van der Waals surface area contributed by atoms with E-state index in [4.69, 9.17) is 10.5 Å². The smallest absolute Gasteiger partial charge is 0.246 e. The van der Waals surface area contributed by atoms with Gasteiger partial charge in [0.2, 0.25) is 10.0 Å². The van der Waals surface area contributed by atoms with E-state index in [0.717, 1.165) is 12.1 Å². The predicted molar refractivity (Wildman–Crippen MR) is 72.7 cm³/mol. The van der Waals surface area contributed by atoms with Gasteiger partial charge in [0.15, 0.2) is 0 Å². The molecule has 0 aliphatic carbocycles. The van der Waals surface area contributed by atoms with Gasteiger partial charge in [-0.15, -0.1) is 0 Å². The number of halogens is 2. The third-order valence-electron chi connectivity index (χ3n) is 3.11. The molecule has 1 aliphatic heterocycles. The summed E-state index contributed by atoms with van der Waals surface area (Å²) in [7, 11) is -2.35. The minimum absolute atomic E-state index is 0.148. The highest BCUT2D eigenvalue weighted by Gasteiger charge is 2.34. The lowest BCUT2D eigenvalue weighted by Crippen LogP contribution is -2.30. The van der Waals surface area contributed by atoms with E-state index in [-0.39, 0.29) is 18.3 Å². The minimum Gasteiger partial charge on any atom is -0.398 e. The molecule has 1 unspecified atom stereocenters. The van der Waals surface area contributed by atoms with E-state index in [9.17, 15) is 12.8 Å². The molecule has 8 heteroatoms. The molecule has 1 fully saturated rings. The molecular formula is C11H14BrFN2O3S. The molecule has 1 aliphatic rings. The summed E-state index contributed by atoms with van der Waals surface area (Å²) in [4.78, 5) is -0.398. The van der Waals surface area contributed by atoms with E-state index < -0.39 is 20.7 Å². The predicted octanol–water partition coefficient (Wildman–Crippen LogP) is 1.58. The quantitative estimate of drug-likeness (QED) is 0.838. The number of nitrogens with two attached hydrogens (primary N) is 1. The third kappa shape index (κ3) is 2.76. The van der Waals surface area contributed by atoms with Crippen LogP contribution in [-0.4, -0.2) is 39.0 Å². The average Bonchev–Trinajstić information content (AvgIpc) is 2.83. The number of nitrogens with zero attached hydrogens (tertiary/aromatic N) is 1. The van der Waals surface area contributed by atoms with Crippen LogP contribution in [0.5, 0.6) is 0 Å². The Labute approximate surface area is 119 Å². The maximum absolute atomic E-state index is 13.8. The van der Waals surface area contributed by atoms with Gasteiger partial charge in [0.25, 0.3) is 0 Å². The van der Waals surface area contributed by atoms with Crippen molar-refractivity contribution in [3.8, 4) is 0 Å². The first-order valence-corrected chi connectivity index (χ1v) is 7.87. The van der Waals surface area contributed by atoms with Crippen molar-refractivity contribution in [2.75, 3.05) is 25.9 Å². The summed E-state index contributed by atoms with van der Waals surface area (Å²) in [5.74, 6) is -0.818. The van der Waals surface area contributed by atoms with Crippen molar-refractivity contribution in [3.63, 3.8) is 0 Å². The maximum Gasteiger partial charge on any atom is 0.246 e. The lowest BCUT2D eigenvalue weighted by molar-refractivity contribution is 0.115. The Kier molecular flexibility index (Phi) is 4.14. The second kappa shape index (κ2) is 5.35. The van der Waals surface area contributed by atoms with Gasteiger partial charge < -0.3 is 10.5 Å². The first-order chi connectivity index (χ1) is 8.86. The van der Waals surface area contributed by atoms with Gasteiger partial charge in [-0.2, -0.15) is 4.31 Å². The van der Waals surface area contributed by atoms with Crippen LogP contribution in [0.1, 0.15) is 6.42 Å². The molecule has 0 saturated carbocycles. The molecule has 1 atom stereocenters. The summed E-state index contributed by atoms with van der Waals surface area (Å²) in [6.07, 6.45) is 0.453. The van der Waals surface area contributed by atoms with Crippen LogP contribution in [0.2, 0.25) is 0 Å². The van der Waals surface area contributed by atoms with Crippen LogP contribution in [0.4, 0.5) is 10.1 Å². The van der Waals surface area contributed by atoms with Gasteiger partial charge >= 0.3 is 0 Å². The van der Waals surface area contributed by atoms with Crippen molar-refractivity contribution in [2.45, 2.75) is 17.4 Å². The molecule has 1 heterocycles. The van der Waals surface area contributed by atoms with E-state index in [1.165, 1.54) is 11.4 Å². The summed E-state index contributed by atoms with van der Waals surface area (Å²) in [5, 5.41) is 0. The van der Waals surface area contributed by atoms with Gasteiger partial charge in [-0.1, -0.05) is 0 Å². The molecule has 19 heavy (non-hydrogen) atoms. The molecule has 2 rings (SSSR count). The summed E-state index contributed by atoms with van der Waals surface area (Å²) in [6, 6.07) is 2.20. The van der Waals surface area contributed by atoms with Crippen LogP contribution >= 0.6 is 15.9 Å². The number of hydrogen-bond donors (Lipinski definition) is 1. The highest BCUT2D eigenvalue weighted by molar-refractivity contribution is 9.10. The van der Waals surface area contributed by atoms with E-state index in [1.54, 1.807) is 0 Å². The van der Waals surface area contributed by atoms with Crippen molar-refractivity contribution >= 4 is 31.6 Å². The van der Waals surface area contributed by atoms with Crippen LogP contribution in [0, 0.1) is 5.82 Å². The molecule has 0 amide bonds. The van der Waals surface area contributed by atoms with E-state index in [0.29, 0.717) is 17.4 Å². The first kappa shape index (κ1) is 14.7. The van der Waals surface area contributed by atoms with Gasteiger partial charge in [0.1, 0.15) is 10.7 Å². The molecular weight excluding hydrogens is 339 g/mol. The monoisotopic (exact) mass is 352 g/mol. The number of sulfonamides is 1. The zero-order valence-corrected chi connectivity index (χ0v) is 12.7. The van der Waals surface area contributed by atoms with Crippen molar-refractivity contribution in [2.24, 2.45) is 0 Å².